The van der Waals surface area contributed by atoms with Crippen LogP contribution >= 0.6 is 0 Å². The number of amides is 1. The van der Waals surface area contributed by atoms with E-state index in [1.165, 1.54) is 18.5 Å². The van der Waals surface area contributed by atoms with Crippen molar-refractivity contribution in [3.05, 3.63) is 66.0 Å². The lowest BCUT2D eigenvalue weighted by molar-refractivity contribution is -0.137. The Labute approximate surface area is 166 Å². The smallest absolute Gasteiger partial charge is 0.339 e. The maximum Gasteiger partial charge on any atom is 0.416 e. The number of imidazole rings is 1. The lowest BCUT2D eigenvalue weighted by atomic mass is 10.1. The molecule has 7 heteroatoms. The van der Waals surface area contributed by atoms with Crippen LogP contribution in [0.3, 0.4) is 0 Å². The summed E-state index contributed by atoms with van der Waals surface area (Å²) < 4.78 is 41.9. The molecule has 150 valence electrons. The summed E-state index contributed by atoms with van der Waals surface area (Å²) in [6, 6.07) is 11.4. The second-order valence-corrected chi connectivity index (χ2v) is 7.10. The van der Waals surface area contributed by atoms with Gasteiger partial charge >= 0.3 is 6.18 Å². The summed E-state index contributed by atoms with van der Waals surface area (Å²) in [5.41, 5.74) is 1.07. The molecule has 4 nitrogen and oxygen atoms in total. The van der Waals surface area contributed by atoms with Gasteiger partial charge < -0.3 is 4.90 Å². The van der Waals surface area contributed by atoms with E-state index in [-0.39, 0.29) is 11.4 Å². The number of para-hydroxylation sites is 1. The van der Waals surface area contributed by atoms with E-state index in [4.69, 9.17) is 0 Å². The van der Waals surface area contributed by atoms with E-state index >= 15 is 0 Å². The summed E-state index contributed by atoms with van der Waals surface area (Å²) in [5.74, 6) is -0.180. The van der Waals surface area contributed by atoms with Gasteiger partial charge in [-0.3, -0.25) is 9.36 Å². The highest BCUT2D eigenvalue weighted by molar-refractivity contribution is 5.95. The van der Waals surface area contributed by atoms with E-state index in [0.29, 0.717) is 24.2 Å². The normalized spacial score (nSPS) is 15.3. The lowest BCUT2D eigenvalue weighted by Crippen LogP contribution is -2.34. The number of fused-ring (bicyclic) bond motifs is 1. The number of benzene rings is 2. The second-order valence-electron chi connectivity index (χ2n) is 7.10. The number of nitrogens with zero attached hydrogens (tertiary/aromatic N) is 3. The molecule has 1 aliphatic heterocycles. The molecule has 1 fully saturated rings. The van der Waals surface area contributed by atoms with Gasteiger partial charge in [-0.05, 0) is 49.6 Å². The van der Waals surface area contributed by atoms with Crippen molar-refractivity contribution in [3.63, 3.8) is 0 Å². The number of aromatic nitrogens is 2. The minimum atomic E-state index is -4.50. The number of carbonyl (C=O) groups is 1. The zero-order chi connectivity index (χ0) is 20.4. The molecule has 1 aliphatic rings. The first-order valence-electron chi connectivity index (χ1n) is 9.54. The zero-order valence-corrected chi connectivity index (χ0v) is 15.7. The zero-order valence-electron chi connectivity index (χ0n) is 15.7. The summed E-state index contributed by atoms with van der Waals surface area (Å²) in [4.78, 5) is 18.4. The molecule has 0 saturated carbocycles. The van der Waals surface area contributed by atoms with Crippen molar-refractivity contribution < 1.29 is 18.0 Å². The molecule has 2 heterocycles. The number of halogens is 3. The Morgan fingerprint density at radius 1 is 1.03 bits per heavy atom. The Kier molecular flexibility index (Phi) is 5.13. The fraction of sp³-hybridized carbons (Fsp3) is 0.273. The fourth-order valence-corrected chi connectivity index (χ4v) is 3.64. The van der Waals surface area contributed by atoms with E-state index in [1.54, 1.807) is 9.47 Å². The minimum absolute atomic E-state index is 0.180. The number of likely N-dealkylation sites (tertiary alicyclic amines) is 1. The van der Waals surface area contributed by atoms with Gasteiger partial charge in [0.05, 0.1) is 16.6 Å². The molecule has 1 amide bonds. The summed E-state index contributed by atoms with van der Waals surface area (Å²) in [5, 5.41) is 0. The van der Waals surface area contributed by atoms with E-state index in [0.717, 1.165) is 37.1 Å². The molecule has 29 heavy (non-hydrogen) atoms. The molecule has 3 aromatic rings. The average molecular weight is 399 g/mol. The van der Waals surface area contributed by atoms with Crippen molar-refractivity contribution >= 4 is 23.0 Å². The van der Waals surface area contributed by atoms with Crippen molar-refractivity contribution in [2.75, 3.05) is 13.1 Å². The van der Waals surface area contributed by atoms with Crippen LogP contribution in [0.4, 0.5) is 13.2 Å². The number of carbonyl (C=O) groups excluding carboxylic acids is 1. The highest BCUT2D eigenvalue weighted by Crippen LogP contribution is 2.34. The molecule has 0 spiro atoms. The maximum atomic E-state index is 13.4. The third-order valence-corrected chi connectivity index (χ3v) is 5.11. The molecule has 0 bridgehead atoms. The third kappa shape index (κ3) is 4.04. The molecule has 4 rings (SSSR count). The second kappa shape index (κ2) is 7.73. The molecular formula is C22H20F3N3O. The Morgan fingerprint density at radius 2 is 1.76 bits per heavy atom. The van der Waals surface area contributed by atoms with Gasteiger partial charge in [0.1, 0.15) is 6.33 Å². The van der Waals surface area contributed by atoms with Crippen LogP contribution in [0.2, 0.25) is 0 Å². The largest absolute Gasteiger partial charge is 0.416 e. The van der Waals surface area contributed by atoms with Crippen LogP contribution in [-0.4, -0.2) is 33.4 Å². The van der Waals surface area contributed by atoms with Crippen LogP contribution in [0.25, 0.3) is 22.8 Å². The standard InChI is InChI=1S/C22H20F3N3O/c23-22(24,25)17-13-16(9-10-20(29)27-11-5-2-6-12-27)21-19(14-17)26-15-28(21)18-7-3-1-4-8-18/h1,3-4,7-10,13-15H,2,5-6,11-12H2. The minimum Gasteiger partial charge on any atom is -0.339 e. The highest BCUT2D eigenvalue weighted by Gasteiger charge is 2.32. The van der Waals surface area contributed by atoms with Gasteiger partial charge in [-0.15, -0.1) is 0 Å². The molecule has 0 aliphatic carbocycles. The van der Waals surface area contributed by atoms with Crippen LogP contribution < -0.4 is 0 Å². The predicted molar refractivity (Wildman–Crippen MR) is 106 cm³/mol. The van der Waals surface area contributed by atoms with Crippen molar-refractivity contribution in [1.29, 1.82) is 0 Å². The molecular weight excluding hydrogens is 379 g/mol. The molecule has 1 saturated heterocycles. The molecule has 0 N–H and O–H groups in total. The molecule has 0 radical (unpaired) electrons. The van der Waals surface area contributed by atoms with Crippen molar-refractivity contribution in [3.8, 4) is 5.69 Å². The molecule has 0 unspecified atom stereocenters. The van der Waals surface area contributed by atoms with Crippen LogP contribution in [0.5, 0.6) is 0 Å². The molecule has 2 aromatic carbocycles. The van der Waals surface area contributed by atoms with Gasteiger partial charge in [-0.2, -0.15) is 13.2 Å². The summed E-state index contributed by atoms with van der Waals surface area (Å²) >= 11 is 0. The Morgan fingerprint density at radius 3 is 2.45 bits per heavy atom. The van der Waals surface area contributed by atoms with Crippen molar-refractivity contribution in [2.45, 2.75) is 25.4 Å². The SMILES string of the molecule is O=C(C=Cc1cc(C(F)(F)F)cc2ncn(-c3ccccc3)c12)N1CCCCC1. The monoisotopic (exact) mass is 399 g/mol. The van der Waals surface area contributed by atoms with Gasteiger partial charge in [-0.1, -0.05) is 18.2 Å². The van der Waals surface area contributed by atoms with Crippen molar-refractivity contribution in [1.82, 2.24) is 14.5 Å². The Hall–Kier alpha value is -3.09. The Balaban J connectivity index is 1.80. The Bertz CT molecular complexity index is 1050. The topological polar surface area (TPSA) is 38.1 Å². The predicted octanol–water partition coefficient (Wildman–Crippen LogP) is 5.07. The van der Waals surface area contributed by atoms with E-state index in [9.17, 15) is 18.0 Å². The van der Waals surface area contributed by atoms with E-state index in [2.05, 4.69) is 4.98 Å². The van der Waals surface area contributed by atoms with Crippen molar-refractivity contribution in [2.24, 2.45) is 0 Å². The number of alkyl halides is 3. The van der Waals surface area contributed by atoms with Gasteiger partial charge in [-0.25, -0.2) is 4.98 Å². The molecule has 0 atom stereocenters. The summed E-state index contributed by atoms with van der Waals surface area (Å²) in [7, 11) is 0. The number of rotatable bonds is 3. The first kappa shape index (κ1) is 19.2. The van der Waals surface area contributed by atoms with Crippen LogP contribution in [0.1, 0.15) is 30.4 Å². The van der Waals surface area contributed by atoms with Gasteiger partial charge in [0.15, 0.2) is 0 Å². The fourth-order valence-electron chi connectivity index (χ4n) is 3.64. The van der Waals surface area contributed by atoms with Crippen LogP contribution in [0, 0.1) is 0 Å². The quantitative estimate of drug-likeness (QED) is 0.577. The first-order valence-corrected chi connectivity index (χ1v) is 9.54. The third-order valence-electron chi connectivity index (χ3n) is 5.11. The van der Waals surface area contributed by atoms with E-state index in [1.807, 2.05) is 30.3 Å². The number of piperidine rings is 1. The summed E-state index contributed by atoms with van der Waals surface area (Å²) in [6.45, 7) is 1.37. The number of hydrogen-bond donors (Lipinski definition) is 0. The summed E-state index contributed by atoms with van der Waals surface area (Å²) in [6.07, 6.45) is 2.84. The first-order chi connectivity index (χ1) is 13.9. The molecule has 1 aromatic heterocycles. The van der Waals surface area contributed by atoms with E-state index < -0.39 is 11.7 Å². The average Bonchev–Trinajstić information content (AvgIpc) is 3.17. The van der Waals surface area contributed by atoms with Gasteiger partial charge in [0.25, 0.3) is 0 Å². The van der Waals surface area contributed by atoms with Crippen LogP contribution in [0.15, 0.2) is 54.9 Å². The van der Waals surface area contributed by atoms with Crippen LogP contribution in [-0.2, 0) is 11.0 Å². The lowest BCUT2D eigenvalue weighted by Gasteiger charge is -2.25. The highest BCUT2D eigenvalue weighted by atomic mass is 19.4. The number of hydrogen-bond acceptors (Lipinski definition) is 2. The maximum absolute atomic E-state index is 13.4. The van der Waals surface area contributed by atoms with Gasteiger partial charge in [0, 0.05) is 30.4 Å². The van der Waals surface area contributed by atoms with Gasteiger partial charge in [0.2, 0.25) is 5.91 Å².